The van der Waals surface area contributed by atoms with Crippen LogP contribution in [0.5, 0.6) is 0 Å². The number of aliphatic hydroxyl groups is 1. The molecule has 22 heavy (non-hydrogen) atoms. The molecule has 0 saturated carbocycles. The minimum Gasteiger partial charge on any atom is -0.396 e. The van der Waals surface area contributed by atoms with Gasteiger partial charge in [-0.1, -0.05) is 19.1 Å². The third-order valence-corrected chi connectivity index (χ3v) is 4.59. The van der Waals surface area contributed by atoms with E-state index in [1.165, 1.54) is 16.4 Å². The summed E-state index contributed by atoms with van der Waals surface area (Å²) in [5.74, 6) is -1.12. The molecule has 122 valence electrons. The number of nitrogens with zero attached hydrogens (tertiary/aromatic N) is 2. The van der Waals surface area contributed by atoms with Gasteiger partial charge in [0.2, 0.25) is 10.0 Å². The first kappa shape index (κ1) is 18.6. The molecule has 5 nitrogen and oxygen atoms in total. The number of sulfonamides is 1. The molecule has 1 atom stereocenters. The maximum Gasteiger partial charge on any atom is 0.211 e. The van der Waals surface area contributed by atoms with Gasteiger partial charge in [-0.25, -0.2) is 12.8 Å². The van der Waals surface area contributed by atoms with Crippen LogP contribution >= 0.6 is 0 Å². The van der Waals surface area contributed by atoms with Gasteiger partial charge in [0.25, 0.3) is 0 Å². The number of hydrogen-bond donors (Lipinski definition) is 1. The molecule has 1 aromatic rings. The normalized spacial score (nSPS) is 13.1. The standard InChI is InChI=1S/C15H21FN2O3S/c1-3-7-18(22(2,20)21)11-14-5-4-12(9-15(14)16)13(10-17)6-8-19/h4-5,9,13,19H,3,6-8,11H2,1-2H3/t13-/m0/s1. The molecular weight excluding hydrogens is 307 g/mol. The zero-order valence-electron chi connectivity index (χ0n) is 12.8. The van der Waals surface area contributed by atoms with Gasteiger partial charge in [-0.2, -0.15) is 9.57 Å². The number of aliphatic hydroxyl groups excluding tert-OH is 1. The van der Waals surface area contributed by atoms with E-state index in [9.17, 15) is 12.8 Å². The first-order valence-electron chi connectivity index (χ1n) is 7.07. The maximum atomic E-state index is 14.2. The molecule has 1 N–H and O–H groups in total. The molecule has 7 heteroatoms. The van der Waals surface area contributed by atoms with E-state index in [-0.39, 0.29) is 25.1 Å². The van der Waals surface area contributed by atoms with Crippen LogP contribution in [0.2, 0.25) is 0 Å². The molecule has 0 aromatic heterocycles. The quantitative estimate of drug-likeness (QED) is 0.791. The highest BCUT2D eigenvalue weighted by atomic mass is 32.2. The molecule has 0 radical (unpaired) electrons. The van der Waals surface area contributed by atoms with Crippen LogP contribution in [0.3, 0.4) is 0 Å². The topological polar surface area (TPSA) is 81.4 Å². The van der Waals surface area contributed by atoms with Gasteiger partial charge in [0.05, 0.1) is 18.2 Å². The highest BCUT2D eigenvalue weighted by Gasteiger charge is 2.19. The average Bonchev–Trinajstić information content (AvgIpc) is 2.45. The Morgan fingerprint density at radius 1 is 1.45 bits per heavy atom. The zero-order chi connectivity index (χ0) is 16.8. The Hall–Kier alpha value is -1.49. The monoisotopic (exact) mass is 328 g/mol. The van der Waals surface area contributed by atoms with Crippen molar-refractivity contribution < 1.29 is 17.9 Å². The van der Waals surface area contributed by atoms with Gasteiger partial charge in [0, 0.05) is 25.3 Å². The van der Waals surface area contributed by atoms with Crippen molar-refractivity contribution in [1.82, 2.24) is 4.31 Å². The van der Waals surface area contributed by atoms with Crippen LogP contribution in [0.15, 0.2) is 18.2 Å². The molecule has 0 fully saturated rings. The van der Waals surface area contributed by atoms with Gasteiger partial charge in [-0.05, 0) is 24.5 Å². The Morgan fingerprint density at radius 2 is 2.14 bits per heavy atom. The Balaban J connectivity index is 3.01. The highest BCUT2D eigenvalue weighted by molar-refractivity contribution is 7.88. The van der Waals surface area contributed by atoms with Crippen LogP contribution in [0.4, 0.5) is 4.39 Å². The van der Waals surface area contributed by atoms with Crippen molar-refractivity contribution in [3.8, 4) is 6.07 Å². The molecule has 0 heterocycles. The molecule has 0 bridgehead atoms. The summed E-state index contributed by atoms with van der Waals surface area (Å²) in [6.07, 6.45) is 1.97. The second kappa shape index (κ2) is 8.22. The van der Waals surface area contributed by atoms with E-state index in [0.29, 0.717) is 18.5 Å². The number of nitriles is 1. The molecule has 0 aliphatic rings. The first-order chi connectivity index (χ1) is 10.3. The molecule has 1 rings (SSSR count). The maximum absolute atomic E-state index is 14.2. The van der Waals surface area contributed by atoms with E-state index >= 15 is 0 Å². The lowest BCUT2D eigenvalue weighted by Gasteiger charge is -2.20. The summed E-state index contributed by atoms with van der Waals surface area (Å²) < 4.78 is 38.8. The average molecular weight is 328 g/mol. The number of hydrogen-bond acceptors (Lipinski definition) is 4. The van der Waals surface area contributed by atoms with Crippen molar-refractivity contribution in [3.63, 3.8) is 0 Å². The lowest BCUT2D eigenvalue weighted by molar-refractivity contribution is 0.283. The van der Waals surface area contributed by atoms with Crippen molar-refractivity contribution in [3.05, 3.63) is 35.1 Å². The summed E-state index contributed by atoms with van der Waals surface area (Å²) in [7, 11) is -3.40. The fraction of sp³-hybridized carbons (Fsp3) is 0.533. The largest absolute Gasteiger partial charge is 0.396 e. The molecule has 1 aromatic carbocycles. The molecular formula is C15H21FN2O3S. The van der Waals surface area contributed by atoms with E-state index in [4.69, 9.17) is 10.4 Å². The second-order valence-corrected chi connectivity index (χ2v) is 7.12. The molecule has 0 aliphatic carbocycles. The molecule has 0 unspecified atom stereocenters. The van der Waals surface area contributed by atoms with Gasteiger partial charge in [-0.3, -0.25) is 0 Å². The Kier molecular flexibility index (Phi) is 6.94. The third kappa shape index (κ3) is 5.05. The summed E-state index contributed by atoms with van der Waals surface area (Å²) in [4.78, 5) is 0. The van der Waals surface area contributed by atoms with E-state index in [1.54, 1.807) is 6.07 Å². The minimum absolute atomic E-state index is 0.0317. The van der Waals surface area contributed by atoms with Crippen LogP contribution in [-0.4, -0.2) is 37.2 Å². The van der Waals surface area contributed by atoms with E-state index in [2.05, 4.69) is 0 Å². The Labute approximate surface area is 131 Å². The zero-order valence-corrected chi connectivity index (χ0v) is 13.6. The lowest BCUT2D eigenvalue weighted by atomic mass is 9.96. The molecule has 0 saturated heterocycles. The van der Waals surface area contributed by atoms with Gasteiger partial charge in [-0.15, -0.1) is 0 Å². The fourth-order valence-electron chi connectivity index (χ4n) is 2.14. The van der Waals surface area contributed by atoms with Gasteiger partial charge in [0.1, 0.15) is 5.82 Å². The smallest absolute Gasteiger partial charge is 0.211 e. The van der Waals surface area contributed by atoms with Crippen molar-refractivity contribution >= 4 is 10.0 Å². The van der Waals surface area contributed by atoms with Gasteiger partial charge >= 0.3 is 0 Å². The van der Waals surface area contributed by atoms with Crippen LogP contribution < -0.4 is 0 Å². The first-order valence-corrected chi connectivity index (χ1v) is 8.92. The Morgan fingerprint density at radius 3 is 2.59 bits per heavy atom. The van der Waals surface area contributed by atoms with Gasteiger partial charge < -0.3 is 5.11 Å². The molecule has 0 amide bonds. The van der Waals surface area contributed by atoms with Crippen LogP contribution in [0, 0.1) is 17.1 Å². The molecule has 0 spiro atoms. The van der Waals surface area contributed by atoms with E-state index in [1.807, 2.05) is 13.0 Å². The van der Waals surface area contributed by atoms with Gasteiger partial charge in [0.15, 0.2) is 0 Å². The SMILES string of the molecule is CCCN(Cc1ccc([C@H](C#N)CCO)cc1F)S(C)(=O)=O. The third-order valence-electron chi connectivity index (χ3n) is 3.34. The van der Waals surface area contributed by atoms with E-state index in [0.717, 1.165) is 6.26 Å². The summed E-state index contributed by atoms with van der Waals surface area (Å²) in [6, 6.07) is 6.37. The van der Waals surface area contributed by atoms with Crippen molar-refractivity contribution in [2.75, 3.05) is 19.4 Å². The summed E-state index contributed by atoms with van der Waals surface area (Å²) in [5, 5.41) is 17.9. The highest BCUT2D eigenvalue weighted by Crippen LogP contribution is 2.22. The van der Waals surface area contributed by atoms with Crippen LogP contribution in [0.1, 0.15) is 36.8 Å². The van der Waals surface area contributed by atoms with Crippen molar-refractivity contribution in [2.45, 2.75) is 32.2 Å². The van der Waals surface area contributed by atoms with Crippen LogP contribution in [-0.2, 0) is 16.6 Å². The summed E-state index contributed by atoms with van der Waals surface area (Å²) in [5.41, 5.74) is 0.752. The fourth-order valence-corrected chi connectivity index (χ4v) is 3.03. The summed E-state index contributed by atoms with van der Waals surface area (Å²) >= 11 is 0. The lowest BCUT2D eigenvalue weighted by Crippen LogP contribution is -2.30. The van der Waals surface area contributed by atoms with Crippen molar-refractivity contribution in [1.29, 1.82) is 5.26 Å². The number of halogens is 1. The Bertz CT molecular complexity index is 641. The molecule has 0 aliphatic heterocycles. The predicted octanol–water partition coefficient (Wildman–Crippen LogP) is 1.99. The van der Waals surface area contributed by atoms with Crippen LogP contribution in [0.25, 0.3) is 0 Å². The van der Waals surface area contributed by atoms with E-state index < -0.39 is 21.8 Å². The predicted molar refractivity (Wildman–Crippen MR) is 82.0 cm³/mol. The summed E-state index contributed by atoms with van der Waals surface area (Å²) in [6.45, 7) is 1.99. The minimum atomic E-state index is -3.40. The van der Waals surface area contributed by atoms with Crippen molar-refractivity contribution in [2.24, 2.45) is 0 Å². The second-order valence-electron chi connectivity index (χ2n) is 5.14. The number of benzene rings is 1. The number of rotatable bonds is 8.